The first-order valence-corrected chi connectivity index (χ1v) is 5.77. The Kier molecular flexibility index (Phi) is 5.92. The molecule has 0 aliphatic rings. The first-order valence-electron chi connectivity index (χ1n) is 5.77. The zero-order valence-electron chi connectivity index (χ0n) is 10.7. The van der Waals surface area contributed by atoms with Crippen molar-refractivity contribution in [2.45, 2.75) is 13.0 Å². The summed E-state index contributed by atoms with van der Waals surface area (Å²) in [5.41, 5.74) is 6.67. The minimum Gasteiger partial charge on any atom is -0.380 e. The Morgan fingerprint density at radius 1 is 1.56 bits per heavy atom. The molecular weight excluding hydrogens is 228 g/mol. The van der Waals surface area contributed by atoms with Crippen LogP contribution in [0.2, 0.25) is 0 Å². The van der Waals surface area contributed by atoms with Crippen LogP contribution >= 0.6 is 0 Å². The first kappa shape index (κ1) is 14.2. The van der Waals surface area contributed by atoms with Crippen LogP contribution in [0.3, 0.4) is 0 Å². The van der Waals surface area contributed by atoms with Crippen LogP contribution in [0, 0.1) is 11.8 Å². The molecule has 4 nitrogen and oxygen atoms in total. The lowest BCUT2D eigenvalue weighted by atomic mass is 10.1. The number of nitrogens with two attached hydrogens (primary N) is 1. The zero-order valence-corrected chi connectivity index (χ0v) is 10.7. The highest BCUT2D eigenvalue weighted by molar-refractivity contribution is 5.94. The van der Waals surface area contributed by atoms with Crippen LogP contribution in [-0.4, -0.2) is 32.2 Å². The van der Waals surface area contributed by atoms with Gasteiger partial charge in [0.25, 0.3) is 5.91 Å². The topological polar surface area (TPSA) is 64.3 Å². The molecule has 0 bridgehead atoms. The Labute approximate surface area is 108 Å². The van der Waals surface area contributed by atoms with Crippen molar-refractivity contribution in [3.05, 3.63) is 35.4 Å². The van der Waals surface area contributed by atoms with Crippen molar-refractivity contribution in [1.29, 1.82) is 0 Å². The predicted octanol–water partition coefficient (Wildman–Crippen LogP) is 0.762. The molecule has 0 heterocycles. The van der Waals surface area contributed by atoms with E-state index in [0.717, 1.165) is 5.56 Å². The number of carbonyl (C=O) groups is 1. The van der Waals surface area contributed by atoms with Crippen molar-refractivity contribution in [2.24, 2.45) is 5.73 Å². The van der Waals surface area contributed by atoms with Gasteiger partial charge in [0.1, 0.15) is 0 Å². The number of nitrogens with one attached hydrogen (secondary N) is 1. The largest absolute Gasteiger partial charge is 0.380 e. The number of carbonyl (C=O) groups excluding carboxylic acids is 1. The quantitative estimate of drug-likeness (QED) is 0.771. The Hall–Kier alpha value is -1.83. The van der Waals surface area contributed by atoms with E-state index in [-0.39, 0.29) is 12.0 Å². The average Bonchev–Trinajstić information content (AvgIpc) is 2.42. The third kappa shape index (κ3) is 4.58. The van der Waals surface area contributed by atoms with E-state index in [1.807, 2.05) is 13.0 Å². The SMILES string of the molecule is COC(C)CNC(=O)c1cccc(C#CCN)c1. The van der Waals surface area contributed by atoms with Gasteiger partial charge < -0.3 is 15.8 Å². The lowest BCUT2D eigenvalue weighted by molar-refractivity contribution is 0.0870. The summed E-state index contributed by atoms with van der Waals surface area (Å²) >= 11 is 0. The Balaban J connectivity index is 2.68. The lowest BCUT2D eigenvalue weighted by Gasteiger charge is -2.10. The van der Waals surface area contributed by atoms with Crippen molar-refractivity contribution in [2.75, 3.05) is 20.2 Å². The van der Waals surface area contributed by atoms with Gasteiger partial charge in [0, 0.05) is 24.8 Å². The van der Waals surface area contributed by atoms with Crippen LogP contribution in [0.4, 0.5) is 0 Å². The third-order valence-electron chi connectivity index (χ3n) is 2.41. The summed E-state index contributed by atoms with van der Waals surface area (Å²) in [7, 11) is 1.61. The summed E-state index contributed by atoms with van der Waals surface area (Å²) in [5.74, 6) is 5.52. The van der Waals surface area contributed by atoms with Crippen molar-refractivity contribution in [1.82, 2.24) is 5.32 Å². The van der Waals surface area contributed by atoms with Gasteiger partial charge in [-0.05, 0) is 25.1 Å². The smallest absolute Gasteiger partial charge is 0.251 e. The number of methoxy groups -OCH3 is 1. The molecule has 1 amide bonds. The summed E-state index contributed by atoms with van der Waals surface area (Å²) < 4.78 is 5.06. The number of rotatable bonds is 4. The van der Waals surface area contributed by atoms with Gasteiger partial charge >= 0.3 is 0 Å². The highest BCUT2D eigenvalue weighted by atomic mass is 16.5. The summed E-state index contributed by atoms with van der Waals surface area (Å²) in [6.45, 7) is 2.68. The summed E-state index contributed by atoms with van der Waals surface area (Å²) in [5, 5.41) is 2.80. The molecule has 1 aromatic carbocycles. The van der Waals surface area contributed by atoms with Crippen LogP contribution < -0.4 is 11.1 Å². The number of hydrogen-bond acceptors (Lipinski definition) is 3. The van der Waals surface area contributed by atoms with Crippen LogP contribution in [0.25, 0.3) is 0 Å². The Bertz CT molecular complexity index is 460. The van der Waals surface area contributed by atoms with Gasteiger partial charge in [-0.3, -0.25) is 4.79 Å². The molecule has 0 saturated carbocycles. The number of amides is 1. The van der Waals surface area contributed by atoms with Crippen molar-refractivity contribution in [3.8, 4) is 11.8 Å². The molecule has 1 rings (SSSR count). The molecule has 0 fully saturated rings. The van der Waals surface area contributed by atoms with Crippen molar-refractivity contribution < 1.29 is 9.53 Å². The fourth-order valence-corrected chi connectivity index (χ4v) is 1.31. The molecule has 0 aromatic heterocycles. The van der Waals surface area contributed by atoms with Gasteiger partial charge in [-0.1, -0.05) is 17.9 Å². The summed E-state index contributed by atoms with van der Waals surface area (Å²) in [4.78, 5) is 11.9. The zero-order chi connectivity index (χ0) is 13.4. The highest BCUT2D eigenvalue weighted by Gasteiger charge is 2.07. The molecule has 0 radical (unpaired) electrons. The van der Waals surface area contributed by atoms with Gasteiger partial charge in [0.15, 0.2) is 0 Å². The molecule has 0 saturated heterocycles. The maximum atomic E-state index is 11.9. The molecule has 4 heteroatoms. The molecule has 1 atom stereocenters. The van der Waals surface area contributed by atoms with E-state index in [2.05, 4.69) is 17.2 Å². The monoisotopic (exact) mass is 246 g/mol. The molecule has 0 aliphatic heterocycles. The summed E-state index contributed by atoms with van der Waals surface area (Å²) in [6.07, 6.45) is -0.00540. The molecule has 18 heavy (non-hydrogen) atoms. The molecule has 96 valence electrons. The van der Waals surface area contributed by atoms with Gasteiger partial charge in [0.05, 0.1) is 12.6 Å². The second-order valence-corrected chi connectivity index (χ2v) is 3.84. The second-order valence-electron chi connectivity index (χ2n) is 3.84. The standard InChI is InChI=1S/C14H18N2O2/c1-11(18-2)10-16-14(17)13-7-3-5-12(9-13)6-4-8-15/h3,5,7,9,11H,8,10,15H2,1-2H3,(H,16,17). The molecular formula is C14H18N2O2. The fraction of sp³-hybridized carbons (Fsp3) is 0.357. The van der Waals surface area contributed by atoms with E-state index in [4.69, 9.17) is 10.5 Å². The van der Waals surface area contributed by atoms with E-state index in [1.165, 1.54) is 0 Å². The minimum atomic E-state index is -0.129. The van der Waals surface area contributed by atoms with Crippen molar-refractivity contribution >= 4 is 5.91 Å². The maximum Gasteiger partial charge on any atom is 0.251 e. The van der Waals surface area contributed by atoms with Crippen LogP contribution in [-0.2, 0) is 4.74 Å². The maximum absolute atomic E-state index is 11.9. The van der Waals surface area contributed by atoms with E-state index in [9.17, 15) is 4.79 Å². The summed E-state index contributed by atoms with van der Waals surface area (Å²) in [6, 6.07) is 7.14. The Morgan fingerprint density at radius 3 is 3.00 bits per heavy atom. The number of hydrogen-bond donors (Lipinski definition) is 2. The highest BCUT2D eigenvalue weighted by Crippen LogP contribution is 2.04. The second kappa shape index (κ2) is 7.49. The molecule has 1 unspecified atom stereocenters. The van der Waals surface area contributed by atoms with Crippen molar-refractivity contribution in [3.63, 3.8) is 0 Å². The van der Waals surface area contributed by atoms with Gasteiger partial charge in [-0.2, -0.15) is 0 Å². The third-order valence-corrected chi connectivity index (χ3v) is 2.41. The molecule has 1 aromatic rings. The normalized spacial score (nSPS) is 11.3. The number of benzene rings is 1. The van der Waals surface area contributed by atoms with Crippen LogP contribution in [0.15, 0.2) is 24.3 Å². The van der Waals surface area contributed by atoms with Crippen LogP contribution in [0.5, 0.6) is 0 Å². The average molecular weight is 246 g/mol. The van der Waals surface area contributed by atoms with E-state index < -0.39 is 0 Å². The number of ether oxygens (including phenoxy) is 1. The van der Waals surface area contributed by atoms with Gasteiger partial charge in [0.2, 0.25) is 0 Å². The minimum absolute atomic E-state index is 0.00540. The predicted molar refractivity (Wildman–Crippen MR) is 71.2 cm³/mol. The van der Waals surface area contributed by atoms with E-state index in [0.29, 0.717) is 18.7 Å². The van der Waals surface area contributed by atoms with Gasteiger partial charge in [-0.25, -0.2) is 0 Å². The Morgan fingerprint density at radius 2 is 2.33 bits per heavy atom. The fourth-order valence-electron chi connectivity index (χ4n) is 1.31. The first-order chi connectivity index (χ1) is 8.67. The molecule has 0 spiro atoms. The van der Waals surface area contributed by atoms with E-state index in [1.54, 1.807) is 25.3 Å². The van der Waals surface area contributed by atoms with E-state index >= 15 is 0 Å². The molecule has 3 N–H and O–H groups in total. The van der Waals surface area contributed by atoms with Gasteiger partial charge in [-0.15, -0.1) is 0 Å². The lowest BCUT2D eigenvalue weighted by Crippen LogP contribution is -2.31. The van der Waals surface area contributed by atoms with Crippen LogP contribution in [0.1, 0.15) is 22.8 Å². The molecule has 0 aliphatic carbocycles.